The Morgan fingerprint density at radius 2 is 2.25 bits per heavy atom. The largest absolute Gasteiger partial charge is 0.375 e. The first-order valence-electron chi connectivity index (χ1n) is 5.60. The van der Waals surface area contributed by atoms with Crippen molar-refractivity contribution in [2.24, 2.45) is 0 Å². The summed E-state index contributed by atoms with van der Waals surface area (Å²) in [7, 11) is 0. The second kappa shape index (κ2) is 4.65. The monoisotopic (exact) mass is 218 g/mol. The minimum atomic E-state index is -0.173. The zero-order chi connectivity index (χ0) is 11.5. The van der Waals surface area contributed by atoms with Crippen LogP contribution in [-0.4, -0.2) is 24.9 Å². The molecule has 2 aliphatic heterocycles. The first-order chi connectivity index (χ1) is 7.80. The molecule has 3 atom stereocenters. The van der Waals surface area contributed by atoms with Crippen molar-refractivity contribution in [3.63, 3.8) is 0 Å². The summed E-state index contributed by atoms with van der Waals surface area (Å²) in [5.74, 6) is 0. The summed E-state index contributed by atoms with van der Waals surface area (Å²) in [6.45, 7) is 2.58. The Kier molecular flexibility index (Phi) is 3.24. The van der Waals surface area contributed by atoms with Gasteiger partial charge in [0.25, 0.3) is 0 Å². The Bertz CT molecular complexity index is 373. The van der Waals surface area contributed by atoms with Crippen LogP contribution in [0.4, 0.5) is 0 Å². The molecule has 0 aromatic heterocycles. The molecule has 2 aliphatic rings. The van der Waals surface area contributed by atoms with E-state index in [1.165, 1.54) is 0 Å². The molecule has 4 heteroatoms. The van der Waals surface area contributed by atoms with Gasteiger partial charge in [-0.3, -0.25) is 0 Å². The molecule has 0 spiro atoms. The predicted octanol–water partition coefficient (Wildman–Crippen LogP) is 1.69. The van der Waals surface area contributed by atoms with Gasteiger partial charge in [-0.1, -0.05) is 0 Å². The van der Waals surface area contributed by atoms with E-state index in [4.69, 9.17) is 20.0 Å². The highest BCUT2D eigenvalue weighted by Gasteiger charge is 2.42. The lowest BCUT2D eigenvalue weighted by atomic mass is 9.97. The summed E-state index contributed by atoms with van der Waals surface area (Å²) in [4.78, 5) is 0. The van der Waals surface area contributed by atoms with Gasteiger partial charge in [-0.25, -0.2) is 0 Å². The van der Waals surface area contributed by atoms with Crippen LogP contribution in [0.1, 0.15) is 26.2 Å². The molecule has 84 valence electrons. The summed E-state index contributed by atoms with van der Waals surface area (Å²) in [5, 5.41) is 17.8. The average molecular weight is 218 g/mol. The number of nitrogens with zero attached hydrogens (tertiary/aromatic N) is 2. The Morgan fingerprint density at radius 1 is 1.50 bits per heavy atom. The molecule has 0 aromatic carbocycles. The van der Waals surface area contributed by atoms with E-state index in [0.717, 1.165) is 24.8 Å². The molecule has 3 unspecified atom stereocenters. The molecule has 0 saturated carbocycles. The van der Waals surface area contributed by atoms with Crippen molar-refractivity contribution >= 4 is 0 Å². The van der Waals surface area contributed by atoms with Crippen LogP contribution in [0.3, 0.4) is 0 Å². The fourth-order valence-electron chi connectivity index (χ4n) is 2.49. The number of nitriles is 2. The number of allylic oxidation sites excluding steroid dienone is 1. The quantitative estimate of drug-likeness (QED) is 0.661. The van der Waals surface area contributed by atoms with Gasteiger partial charge >= 0.3 is 0 Å². The van der Waals surface area contributed by atoms with E-state index in [-0.39, 0.29) is 23.9 Å². The molecule has 2 bridgehead atoms. The standard InChI is InChI=1S/C12H14N2O2/c1-2-15-11-5-9-3-4-10(12(11)16-9)8(6-13)7-14/h9,11-12H,2-5H2,1H3. The van der Waals surface area contributed by atoms with Crippen LogP contribution in [0.15, 0.2) is 11.1 Å². The van der Waals surface area contributed by atoms with Gasteiger partial charge < -0.3 is 9.47 Å². The molecule has 0 N–H and O–H groups in total. The molecule has 4 nitrogen and oxygen atoms in total. The first kappa shape index (κ1) is 11.1. The van der Waals surface area contributed by atoms with E-state index in [1.807, 2.05) is 19.1 Å². The van der Waals surface area contributed by atoms with Crippen molar-refractivity contribution in [1.82, 2.24) is 0 Å². The maximum Gasteiger partial charge on any atom is 0.131 e. The van der Waals surface area contributed by atoms with Crippen molar-refractivity contribution in [3.8, 4) is 12.1 Å². The molecule has 2 heterocycles. The van der Waals surface area contributed by atoms with Crippen LogP contribution in [0.25, 0.3) is 0 Å². The van der Waals surface area contributed by atoms with Gasteiger partial charge in [0.1, 0.15) is 23.8 Å². The number of ether oxygens (including phenoxy) is 2. The molecule has 16 heavy (non-hydrogen) atoms. The third-order valence-electron chi connectivity index (χ3n) is 3.18. The second-order valence-corrected chi connectivity index (χ2v) is 4.07. The zero-order valence-electron chi connectivity index (χ0n) is 9.27. The minimum Gasteiger partial charge on any atom is -0.375 e. The highest BCUT2D eigenvalue weighted by molar-refractivity contribution is 5.43. The molecule has 2 saturated heterocycles. The van der Waals surface area contributed by atoms with E-state index < -0.39 is 0 Å². The molecule has 0 aliphatic carbocycles. The predicted molar refractivity (Wildman–Crippen MR) is 56.2 cm³/mol. The van der Waals surface area contributed by atoms with Gasteiger partial charge in [-0.2, -0.15) is 10.5 Å². The molecule has 0 radical (unpaired) electrons. The SMILES string of the molecule is CCOC1CC2CCC(=C(C#N)C#N)C1O2. The first-order valence-corrected chi connectivity index (χ1v) is 5.60. The fourth-order valence-corrected chi connectivity index (χ4v) is 2.49. The number of rotatable bonds is 2. The van der Waals surface area contributed by atoms with Crippen molar-refractivity contribution in [3.05, 3.63) is 11.1 Å². The second-order valence-electron chi connectivity index (χ2n) is 4.07. The van der Waals surface area contributed by atoms with Crippen molar-refractivity contribution < 1.29 is 9.47 Å². The molecule has 0 aromatic rings. The van der Waals surface area contributed by atoms with Crippen LogP contribution in [0.5, 0.6) is 0 Å². The third-order valence-corrected chi connectivity index (χ3v) is 3.18. The number of hydrogen-bond acceptors (Lipinski definition) is 4. The normalized spacial score (nSPS) is 31.9. The Morgan fingerprint density at radius 3 is 2.88 bits per heavy atom. The van der Waals surface area contributed by atoms with Gasteiger partial charge in [0.05, 0.1) is 12.2 Å². The smallest absolute Gasteiger partial charge is 0.131 e. The maximum absolute atomic E-state index is 8.89. The Labute approximate surface area is 95.1 Å². The van der Waals surface area contributed by atoms with E-state index in [0.29, 0.717) is 6.61 Å². The molecule has 0 amide bonds. The lowest BCUT2D eigenvalue weighted by molar-refractivity contribution is -0.0143. The summed E-state index contributed by atoms with van der Waals surface area (Å²) in [5.41, 5.74) is 1.03. The number of fused-ring (bicyclic) bond motifs is 2. The Hall–Kier alpha value is -1.36. The van der Waals surface area contributed by atoms with Gasteiger partial charge in [-0.05, 0) is 25.3 Å². The van der Waals surface area contributed by atoms with Gasteiger partial charge in [0.15, 0.2) is 0 Å². The molecule has 2 rings (SSSR count). The van der Waals surface area contributed by atoms with Crippen LogP contribution in [-0.2, 0) is 9.47 Å². The van der Waals surface area contributed by atoms with E-state index in [1.54, 1.807) is 0 Å². The van der Waals surface area contributed by atoms with Crippen molar-refractivity contribution in [2.75, 3.05) is 6.61 Å². The molecule has 2 fully saturated rings. The van der Waals surface area contributed by atoms with E-state index in [9.17, 15) is 0 Å². The summed E-state index contributed by atoms with van der Waals surface area (Å²) >= 11 is 0. The van der Waals surface area contributed by atoms with Gasteiger partial charge in [0.2, 0.25) is 0 Å². The lowest BCUT2D eigenvalue weighted by Crippen LogP contribution is -2.29. The average Bonchev–Trinajstić information content (AvgIpc) is 2.61. The summed E-state index contributed by atoms with van der Waals surface area (Å²) in [6.07, 6.45) is 2.64. The maximum atomic E-state index is 8.89. The third kappa shape index (κ3) is 1.82. The highest BCUT2D eigenvalue weighted by Crippen LogP contribution is 2.38. The fraction of sp³-hybridized carbons (Fsp3) is 0.667. The van der Waals surface area contributed by atoms with Crippen LogP contribution in [0.2, 0.25) is 0 Å². The lowest BCUT2D eigenvalue weighted by Gasteiger charge is -2.25. The van der Waals surface area contributed by atoms with Crippen molar-refractivity contribution in [1.29, 1.82) is 10.5 Å². The van der Waals surface area contributed by atoms with Gasteiger partial charge in [-0.15, -0.1) is 0 Å². The van der Waals surface area contributed by atoms with Crippen LogP contribution in [0, 0.1) is 22.7 Å². The minimum absolute atomic E-state index is 0.0178. The van der Waals surface area contributed by atoms with E-state index in [2.05, 4.69) is 0 Å². The van der Waals surface area contributed by atoms with Crippen LogP contribution >= 0.6 is 0 Å². The summed E-state index contributed by atoms with van der Waals surface area (Å²) < 4.78 is 11.4. The van der Waals surface area contributed by atoms with Crippen molar-refractivity contribution in [2.45, 2.75) is 44.5 Å². The summed E-state index contributed by atoms with van der Waals surface area (Å²) in [6, 6.07) is 3.90. The highest BCUT2D eigenvalue weighted by atomic mass is 16.6. The molecular weight excluding hydrogens is 204 g/mol. The molecular formula is C12H14N2O2. The topological polar surface area (TPSA) is 66.0 Å². The zero-order valence-corrected chi connectivity index (χ0v) is 9.27. The van der Waals surface area contributed by atoms with E-state index >= 15 is 0 Å². The van der Waals surface area contributed by atoms with Crippen LogP contribution < -0.4 is 0 Å². The number of hydrogen-bond donors (Lipinski definition) is 0. The van der Waals surface area contributed by atoms with Gasteiger partial charge in [0, 0.05) is 13.0 Å². The Balaban J connectivity index is 2.27.